The molecule has 3 rings (SSSR count). The third kappa shape index (κ3) is 5.22. The third-order valence-electron chi connectivity index (χ3n) is 5.00. The molecule has 0 aliphatic heterocycles. The molecule has 0 saturated heterocycles. The first-order valence-electron chi connectivity index (χ1n) is 9.82. The van der Waals surface area contributed by atoms with Crippen LogP contribution in [0.25, 0.3) is 0 Å². The first kappa shape index (κ1) is 21.9. The van der Waals surface area contributed by atoms with Gasteiger partial charge >= 0.3 is 0 Å². The summed E-state index contributed by atoms with van der Waals surface area (Å²) in [4.78, 5) is 17.5. The Bertz CT molecular complexity index is 1090. The number of para-hydroxylation sites is 2. The molecule has 3 aromatic rings. The highest BCUT2D eigenvalue weighted by molar-refractivity contribution is 6.10. The van der Waals surface area contributed by atoms with Gasteiger partial charge in [0.1, 0.15) is 11.5 Å². The van der Waals surface area contributed by atoms with Gasteiger partial charge in [-0.05, 0) is 50.2 Å². The minimum atomic E-state index is -0.288. The molecule has 0 radical (unpaired) electrons. The molecule has 0 saturated carbocycles. The number of nitrogens with one attached hydrogen (secondary N) is 2. The van der Waals surface area contributed by atoms with Crippen molar-refractivity contribution in [2.24, 2.45) is 12.0 Å². The van der Waals surface area contributed by atoms with E-state index in [1.807, 2.05) is 49.8 Å². The van der Waals surface area contributed by atoms with Gasteiger partial charge in [0.05, 0.1) is 32.1 Å². The van der Waals surface area contributed by atoms with Crippen LogP contribution in [0.4, 0.5) is 5.69 Å². The van der Waals surface area contributed by atoms with E-state index in [9.17, 15) is 4.79 Å². The average molecular weight is 422 g/mol. The first-order chi connectivity index (χ1) is 14.9. The number of rotatable bonds is 6. The van der Waals surface area contributed by atoms with Crippen molar-refractivity contribution in [3.05, 3.63) is 71.0 Å². The number of ether oxygens (including phenoxy) is 2. The predicted octanol–water partition coefficient (Wildman–Crippen LogP) is 3.45. The number of aryl methyl sites for hydroxylation is 2. The second-order valence-electron chi connectivity index (χ2n) is 6.95. The summed E-state index contributed by atoms with van der Waals surface area (Å²) in [6, 6.07) is 14.3. The van der Waals surface area contributed by atoms with Gasteiger partial charge < -0.3 is 14.8 Å². The van der Waals surface area contributed by atoms with Crippen molar-refractivity contribution >= 4 is 17.6 Å². The van der Waals surface area contributed by atoms with Gasteiger partial charge in [-0.3, -0.25) is 14.8 Å². The molecular formula is C23H27N5O3. The smallest absolute Gasteiger partial charge is 0.257 e. The van der Waals surface area contributed by atoms with E-state index >= 15 is 0 Å². The monoisotopic (exact) mass is 421 g/mol. The van der Waals surface area contributed by atoms with Gasteiger partial charge in [-0.15, -0.1) is 0 Å². The highest BCUT2D eigenvalue weighted by Crippen LogP contribution is 2.23. The number of amides is 1. The van der Waals surface area contributed by atoms with Crippen LogP contribution in [-0.2, 0) is 13.6 Å². The number of aliphatic imine (C=N–C) groups is 1. The zero-order valence-corrected chi connectivity index (χ0v) is 18.4. The molecule has 2 aromatic carbocycles. The van der Waals surface area contributed by atoms with Crippen LogP contribution < -0.4 is 20.1 Å². The van der Waals surface area contributed by atoms with E-state index in [0.717, 1.165) is 17.0 Å². The molecule has 0 unspecified atom stereocenters. The molecule has 0 bridgehead atoms. The number of aromatic nitrogens is 2. The summed E-state index contributed by atoms with van der Waals surface area (Å²) in [5, 5.41) is 10.5. The molecule has 0 aliphatic rings. The van der Waals surface area contributed by atoms with Crippen molar-refractivity contribution in [3.63, 3.8) is 0 Å². The van der Waals surface area contributed by atoms with Crippen LogP contribution in [0, 0.1) is 13.8 Å². The molecule has 1 aromatic heterocycles. The molecule has 1 amide bonds. The lowest BCUT2D eigenvalue weighted by Crippen LogP contribution is -2.36. The molecule has 1 heterocycles. The standard InChI is InChI=1S/C23H27N5O3/c1-15-19(16(2)28(3)27-15)14-24-23(25-20-8-6-7-9-21(20)31-5)26-22(29)17-10-12-18(30-4)13-11-17/h6-13H,14H2,1-5H3,(H2,24,25,26,29). The molecule has 31 heavy (non-hydrogen) atoms. The fraction of sp³-hybridized carbons (Fsp3) is 0.261. The van der Waals surface area contributed by atoms with Crippen molar-refractivity contribution in [1.82, 2.24) is 15.1 Å². The lowest BCUT2D eigenvalue weighted by molar-refractivity contribution is 0.0977. The molecule has 8 nitrogen and oxygen atoms in total. The number of hydrogen-bond acceptors (Lipinski definition) is 5. The van der Waals surface area contributed by atoms with Gasteiger partial charge in [0.15, 0.2) is 0 Å². The lowest BCUT2D eigenvalue weighted by atomic mass is 10.2. The Morgan fingerprint density at radius 3 is 2.39 bits per heavy atom. The SMILES string of the molecule is COc1ccc(C(=O)NC(=NCc2c(C)nn(C)c2C)Nc2ccccc2OC)cc1. The summed E-state index contributed by atoms with van der Waals surface area (Å²) in [5.74, 6) is 1.35. The number of hydrogen-bond donors (Lipinski definition) is 2. The van der Waals surface area contributed by atoms with Crippen LogP contribution in [0.15, 0.2) is 53.5 Å². The maximum absolute atomic E-state index is 12.8. The molecular weight excluding hydrogens is 394 g/mol. The van der Waals surface area contributed by atoms with Crippen molar-refractivity contribution < 1.29 is 14.3 Å². The second-order valence-corrected chi connectivity index (χ2v) is 6.95. The van der Waals surface area contributed by atoms with Gasteiger partial charge in [0, 0.05) is 23.9 Å². The van der Waals surface area contributed by atoms with Crippen LogP contribution in [0.3, 0.4) is 0 Å². The van der Waals surface area contributed by atoms with E-state index in [1.54, 1.807) is 38.5 Å². The van der Waals surface area contributed by atoms with Gasteiger partial charge in [-0.2, -0.15) is 5.10 Å². The predicted molar refractivity (Wildman–Crippen MR) is 121 cm³/mol. The summed E-state index contributed by atoms with van der Waals surface area (Å²) in [7, 11) is 5.07. The van der Waals surface area contributed by atoms with Crippen LogP contribution in [0.2, 0.25) is 0 Å². The second kappa shape index (κ2) is 9.80. The highest BCUT2D eigenvalue weighted by Gasteiger charge is 2.13. The van der Waals surface area contributed by atoms with E-state index < -0.39 is 0 Å². The van der Waals surface area contributed by atoms with Gasteiger partial charge in [0.25, 0.3) is 5.91 Å². The van der Waals surface area contributed by atoms with Gasteiger partial charge in [-0.25, -0.2) is 4.99 Å². The summed E-state index contributed by atoms with van der Waals surface area (Å²) >= 11 is 0. The number of methoxy groups -OCH3 is 2. The van der Waals surface area contributed by atoms with E-state index in [1.165, 1.54) is 0 Å². The minimum Gasteiger partial charge on any atom is -0.497 e. The topological polar surface area (TPSA) is 89.8 Å². The van der Waals surface area contributed by atoms with Crippen LogP contribution in [0.5, 0.6) is 11.5 Å². The Balaban J connectivity index is 1.88. The minimum absolute atomic E-state index is 0.288. The van der Waals surface area contributed by atoms with Crippen molar-refractivity contribution in [2.45, 2.75) is 20.4 Å². The lowest BCUT2D eigenvalue weighted by Gasteiger charge is -2.14. The maximum Gasteiger partial charge on any atom is 0.257 e. The Hall–Kier alpha value is -3.81. The fourth-order valence-corrected chi connectivity index (χ4v) is 3.11. The van der Waals surface area contributed by atoms with E-state index in [0.29, 0.717) is 35.3 Å². The summed E-state index contributed by atoms with van der Waals surface area (Å²) in [5.41, 5.74) is 4.13. The van der Waals surface area contributed by atoms with E-state index in [4.69, 9.17) is 9.47 Å². The summed E-state index contributed by atoms with van der Waals surface area (Å²) < 4.78 is 12.4. The zero-order chi connectivity index (χ0) is 22.4. The molecule has 0 fully saturated rings. The van der Waals surface area contributed by atoms with Crippen molar-refractivity contribution in [1.29, 1.82) is 0 Å². The third-order valence-corrected chi connectivity index (χ3v) is 5.00. The van der Waals surface area contributed by atoms with Crippen LogP contribution in [-0.4, -0.2) is 35.9 Å². The first-order valence-corrected chi connectivity index (χ1v) is 9.82. The number of carbonyl (C=O) groups is 1. The normalized spacial score (nSPS) is 11.2. The Morgan fingerprint density at radius 1 is 1.06 bits per heavy atom. The Labute approximate surface area is 181 Å². The number of anilines is 1. The van der Waals surface area contributed by atoms with Crippen LogP contribution in [0.1, 0.15) is 27.3 Å². The summed E-state index contributed by atoms with van der Waals surface area (Å²) in [6.07, 6.45) is 0. The average Bonchev–Trinajstić information content (AvgIpc) is 3.03. The number of carbonyl (C=O) groups excluding carboxylic acids is 1. The largest absolute Gasteiger partial charge is 0.497 e. The van der Waals surface area contributed by atoms with Crippen molar-refractivity contribution in [2.75, 3.05) is 19.5 Å². The molecule has 2 N–H and O–H groups in total. The number of benzene rings is 2. The van der Waals surface area contributed by atoms with E-state index in [2.05, 4.69) is 20.7 Å². The fourth-order valence-electron chi connectivity index (χ4n) is 3.11. The zero-order valence-electron chi connectivity index (χ0n) is 18.4. The van der Waals surface area contributed by atoms with Gasteiger partial charge in [-0.1, -0.05) is 12.1 Å². The molecule has 0 atom stereocenters. The molecule has 162 valence electrons. The highest BCUT2D eigenvalue weighted by atomic mass is 16.5. The molecule has 0 aliphatic carbocycles. The Morgan fingerprint density at radius 2 is 1.77 bits per heavy atom. The Kier molecular flexibility index (Phi) is 6.92. The molecule has 0 spiro atoms. The van der Waals surface area contributed by atoms with Crippen molar-refractivity contribution in [3.8, 4) is 11.5 Å². The van der Waals surface area contributed by atoms with Crippen LogP contribution >= 0.6 is 0 Å². The maximum atomic E-state index is 12.8. The summed E-state index contributed by atoms with van der Waals surface area (Å²) in [6.45, 7) is 4.31. The molecule has 8 heteroatoms. The van der Waals surface area contributed by atoms with E-state index in [-0.39, 0.29) is 5.91 Å². The quantitative estimate of drug-likeness (QED) is 0.470. The van der Waals surface area contributed by atoms with Gasteiger partial charge in [0.2, 0.25) is 5.96 Å². The number of nitrogens with zero attached hydrogens (tertiary/aromatic N) is 3. The number of guanidine groups is 1.